The van der Waals surface area contributed by atoms with Crippen molar-refractivity contribution < 1.29 is 13.9 Å². The topological polar surface area (TPSA) is 67.9 Å². The highest BCUT2D eigenvalue weighted by molar-refractivity contribution is 5.87. The van der Waals surface area contributed by atoms with Crippen LogP contribution in [0.5, 0.6) is 0 Å². The number of allylic oxidation sites excluding steroid dienone is 13. The first-order valence-electron chi connectivity index (χ1n) is 18.4. The zero-order valence-electron chi connectivity index (χ0n) is 30.6. The van der Waals surface area contributed by atoms with Crippen LogP contribution in [0.1, 0.15) is 76.3 Å². The molecule has 0 unspecified atom stereocenters. The van der Waals surface area contributed by atoms with E-state index in [0.717, 1.165) is 88.9 Å². The molecular weight excluding hydrogens is 635 g/mol. The molecule has 0 aliphatic carbocycles. The Morgan fingerprint density at radius 1 is 0.902 bits per heavy atom. The second-order valence-corrected chi connectivity index (χ2v) is 12.6. The van der Waals surface area contributed by atoms with E-state index in [1.165, 1.54) is 15.7 Å². The zero-order valence-corrected chi connectivity index (χ0v) is 30.6. The number of nitrogens with zero attached hydrogens (tertiary/aromatic N) is 3. The molecule has 7 nitrogen and oxygen atoms in total. The van der Waals surface area contributed by atoms with Gasteiger partial charge in [-0.25, -0.2) is 9.36 Å². The Labute approximate surface area is 304 Å². The van der Waals surface area contributed by atoms with Crippen LogP contribution in [0.4, 0.5) is 5.69 Å². The molecule has 2 heterocycles. The Morgan fingerprint density at radius 2 is 1.61 bits per heavy atom. The summed E-state index contributed by atoms with van der Waals surface area (Å²) >= 11 is 0. The molecule has 4 rings (SSSR count). The van der Waals surface area contributed by atoms with Gasteiger partial charge in [0, 0.05) is 39.1 Å². The van der Waals surface area contributed by atoms with E-state index in [-0.39, 0.29) is 12.7 Å². The highest BCUT2D eigenvalue weighted by atomic mass is 16.5. The van der Waals surface area contributed by atoms with Crippen molar-refractivity contribution in [1.82, 2.24) is 9.47 Å². The number of hydrogen-bond acceptors (Lipinski definition) is 6. The number of ether oxygens (including phenoxy) is 1. The lowest BCUT2D eigenvalue weighted by atomic mass is 10.0. The van der Waals surface area contributed by atoms with Crippen molar-refractivity contribution in [3.05, 3.63) is 144 Å². The van der Waals surface area contributed by atoms with E-state index in [0.29, 0.717) is 17.5 Å². The Bertz CT molecular complexity index is 1780. The third kappa shape index (κ3) is 12.7. The average Bonchev–Trinajstić information content (AvgIpc) is 3.47. The van der Waals surface area contributed by atoms with E-state index >= 15 is 0 Å². The minimum absolute atomic E-state index is 0.157. The number of fused-ring (bicyclic) bond motifs is 1. The van der Waals surface area contributed by atoms with Gasteiger partial charge in [-0.1, -0.05) is 111 Å². The van der Waals surface area contributed by atoms with Gasteiger partial charge in [0.2, 0.25) is 0 Å². The van der Waals surface area contributed by atoms with Crippen LogP contribution in [0.2, 0.25) is 0 Å². The normalized spacial score (nSPS) is 14.8. The van der Waals surface area contributed by atoms with Gasteiger partial charge >= 0.3 is 11.7 Å². The molecule has 3 aromatic rings. The number of para-hydroxylation sites is 1. The maximum atomic E-state index is 12.9. The molecule has 0 N–H and O–H groups in total. The predicted molar refractivity (Wildman–Crippen MR) is 213 cm³/mol. The van der Waals surface area contributed by atoms with E-state index in [4.69, 9.17) is 9.15 Å². The zero-order chi connectivity index (χ0) is 36.1. The maximum absolute atomic E-state index is 12.9. The van der Waals surface area contributed by atoms with Gasteiger partial charge in [0.05, 0.1) is 11.2 Å². The smallest absolute Gasteiger partial charge is 0.422 e. The van der Waals surface area contributed by atoms with Gasteiger partial charge in [-0.05, 0) is 86.8 Å². The lowest BCUT2D eigenvalue weighted by Crippen LogP contribution is -2.46. The lowest BCUT2D eigenvalue weighted by Gasteiger charge is -2.36. The minimum atomic E-state index is -0.522. The number of carbonyl (C=O) groups excluding carboxylic acids is 1. The predicted octanol–water partition coefficient (Wildman–Crippen LogP) is 9.93. The fourth-order valence-electron chi connectivity index (χ4n) is 6.09. The van der Waals surface area contributed by atoms with Crippen molar-refractivity contribution in [3.63, 3.8) is 0 Å². The van der Waals surface area contributed by atoms with Gasteiger partial charge in [-0.15, -0.1) is 0 Å². The number of aromatic nitrogens is 1. The molecule has 2 aromatic carbocycles. The molecule has 51 heavy (non-hydrogen) atoms. The molecule has 270 valence electrons. The summed E-state index contributed by atoms with van der Waals surface area (Å²) in [7, 11) is 0. The van der Waals surface area contributed by atoms with E-state index in [1.807, 2.05) is 43.4 Å². The first kappa shape index (κ1) is 38.9. The molecule has 0 amide bonds. The third-order valence-electron chi connectivity index (χ3n) is 8.77. The van der Waals surface area contributed by atoms with Crippen LogP contribution in [0.3, 0.4) is 0 Å². The van der Waals surface area contributed by atoms with Crippen LogP contribution in [-0.4, -0.2) is 41.6 Å². The summed E-state index contributed by atoms with van der Waals surface area (Å²) in [5.74, 6) is -0.833. The average molecular weight is 690 g/mol. The number of carbonyl (C=O) groups is 1. The summed E-state index contributed by atoms with van der Waals surface area (Å²) < 4.78 is 12.6. The van der Waals surface area contributed by atoms with Gasteiger partial charge < -0.3 is 14.1 Å². The Balaban J connectivity index is 1.19. The lowest BCUT2D eigenvalue weighted by molar-refractivity contribution is -0.147. The molecule has 1 aromatic heterocycles. The van der Waals surface area contributed by atoms with Crippen molar-refractivity contribution in [3.8, 4) is 0 Å². The number of piperazine rings is 1. The van der Waals surface area contributed by atoms with Gasteiger partial charge in [0.25, 0.3) is 0 Å². The van der Waals surface area contributed by atoms with Crippen LogP contribution < -0.4 is 10.7 Å². The number of rotatable bonds is 20. The minimum Gasteiger partial charge on any atom is -0.444 e. The second-order valence-electron chi connectivity index (χ2n) is 12.6. The number of esters is 1. The number of hydrogen-bond donors (Lipinski definition) is 0. The molecule has 1 fully saturated rings. The number of benzene rings is 2. The first-order valence-corrected chi connectivity index (χ1v) is 18.4. The van der Waals surface area contributed by atoms with Crippen molar-refractivity contribution in [2.75, 3.05) is 31.1 Å². The van der Waals surface area contributed by atoms with Gasteiger partial charge in [-0.2, -0.15) is 0 Å². The van der Waals surface area contributed by atoms with Crippen molar-refractivity contribution in [2.45, 2.75) is 78.5 Å². The summed E-state index contributed by atoms with van der Waals surface area (Å²) in [6.07, 6.45) is 32.3. The van der Waals surface area contributed by atoms with Gasteiger partial charge in [0.1, 0.15) is 0 Å². The van der Waals surface area contributed by atoms with Crippen LogP contribution in [-0.2, 0) is 22.8 Å². The van der Waals surface area contributed by atoms with E-state index in [9.17, 15) is 9.59 Å². The molecular formula is C44H55N3O4. The number of oxazole rings is 1. The summed E-state index contributed by atoms with van der Waals surface area (Å²) in [6.45, 7) is 12.1. The molecule has 1 saturated heterocycles. The summed E-state index contributed by atoms with van der Waals surface area (Å²) in [5, 5.41) is 0. The van der Waals surface area contributed by atoms with Crippen molar-refractivity contribution in [2.24, 2.45) is 0 Å². The molecule has 0 spiro atoms. The van der Waals surface area contributed by atoms with Crippen LogP contribution in [0, 0.1) is 0 Å². The monoisotopic (exact) mass is 689 g/mol. The number of anilines is 1. The molecule has 1 aliphatic heterocycles. The highest BCUT2D eigenvalue weighted by Gasteiger charge is 2.22. The first-order chi connectivity index (χ1) is 25.0. The van der Waals surface area contributed by atoms with Crippen LogP contribution >= 0.6 is 0 Å². The van der Waals surface area contributed by atoms with E-state index in [1.54, 1.807) is 0 Å². The number of unbranched alkanes of at least 4 members (excludes halogenated alkanes) is 2. The Morgan fingerprint density at radius 3 is 2.31 bits per heavy atom. The van der Waals surface area contributed by atoms with Crippen molar-refractivity contribution >= 4 is 28.3 Å². The molecule has 7 heteroatoms. The molecule has 0 saturated carbocycles. The van der Waals surface area contributed by atoms with Crippen LogP contribution in [0.15, 0.2) is 131 Å². The Hall–Kier alpha value is -4.88. The largest absolute Gasteiger partial charge is 0.444 e. The second kappa shape index (κ2) is 22.0. The third-order valence-corrected chi connectivity index (χ3v) is 8.77. The standard InChI is InChI=1S/C44H55N3O4/c1-4-7-8-9-10-11-12-13-14-15-16-17-18-19-20-29-42(48)50-36-47-41-28-22-27-40(43(41)51-44(47)49)46-32-30-45(31-33-46)35-37-25-21-26-39(34-37)38(23-5-2)24-6-3/h5-8,10-11,13-14,16-17,21-28,34H,2,4,9,12,15,18-20,29-33,35-36H2,1,3H3/b8-7-,11-10-,14-13-,17-16-,24-6-,38-23+. The quantitative estimate of drug-likeness (QED) is 0.0509. The maximum Gasteiger partial charge on any atom is 0.422 e. The van der Waals surface area contributed by atoms with Crippen molar-refractivity contribution in [1.29, 1.82) is 0 Å². The van der Waals surface area contributed by atoms with Crippen LogP contribution in [0.25, 0.3) is 16.7 Å². The van der Waals surface area contributed by atoms with E-state index in [2.05, 4.69) is 102 Å². The van der Waals surface area contributed by atoms with E-state index < -0.39 is 5.76 Å². The SMILES string of the molecule is C=C/C=C(\C=C/C)c1cccc(CN2CCN(c3cccc4c3oc(=O)n4COC(=O)CCCC/C=C\C/C=C\C/C=C\C/C=C\CC)CC2)c1. The van der Waals surface area contributed by atoms with Gasteiger partial charge in [-0.3, -0.25) is 9.69 Å². The fraction of sp³-hybridized carbons (Fsp3) is 0.364. The molecule has 1 aliphatic rings. The Kier molecular flexibility index (Phi) is 16.8. The molecule has 0 bridgehead atoms. The summed E-state index contributed by atoms with van der Waals surface area (Å²) in [5.41, 5.74) is 5.64. The molecule has 0 radical (unpaired) electrons. The highest BCUT2D eigenvalue weighted by Crippen LogP contribution is 2.28. The molecule has 0 atom stereocenters. The summed E-state index contributed by atoms with van der Waals surface area (Å²) in [4.78, 5) is 30.0. The van der Waals surface area contributed by atoms with Gasteiger partial charge in [0.15, 0.2) is 12.3 Å². The summed E-state index contributed by atoms with van der Waals surface area (Å²) in [6, 6.07) is 14.4. The fourth-order valence-corrected chi connectivity index (χ4v) is 6.09.